The summed E-state index contributed by atoms with van der Waals surface area (Å²) < 4.78 is 0. The van der Waals surface area contributed by atoms with Gasteiger partial charge >= 0.3 is 0 Å². The van der Waals surface area contributed by atoms with Crippen molar-refractivity contribution < 1.29 is 10.2 Å². The molecular weight excluding hydrogens is 226 g/mol. The largest absolute Gasteiger partial charge is 0.508 e. The maximum absolute atomic E-state index is 10.0. The minimum Gasteiger partial charge on any atom is -0.508 e. The Morgan fingerprint density at radius 3 is 2.94 bits per heavy atom. The van der Waals surface area contributed by atoms with Crippen LogP contribution in [0.5, 0.6) is 5.75 Å². The summed E-state index contributed by atoms with van der Waals surface area (Å²) in [6, 6.07) is 5.91. The molecule has 2 rings (SSSR count). The predicted molar refractivity (Wildman–Crippen MR) is 72.7 cm³/mol. The van der Waals surface area contributed by atoms with Gasteiger partial charge in [0.1, 0.15) is 5.75 Å². The molecule has 0 heterocycles. The Morgan fingerprint density at radius 2 is 2.22 bits per heavy atom. The van der Waals surface area contributed by atoms with Crippen molar-refractivity contribution in [2.75, 3.05) is 6.54 Å². The number of benzene rings is 1. The third kappa shape index (κ3) is 3.03. The molecule has 0 aliphatic heterocycles. The van der Waals surface area contributed by atoms with Crippen LogP contribution in [0.15, 0.2) is 18.2 Å². The van der Waals surface area contributed by atoms with E-state index in [0.29, 0.717) is 18.3 Å². The van der Waals surface area contributed by atoms with E-state index in [-0.39, 0.29) is 0 Å². The van der Waals surface area contributed by atoms with Crippen LogP contribution in [0.2, 0.25) is 0 Å². The second kappa shape index (κ2) is 5.29. The van der Waals surface area contributed by atoms with Crippen LogP contribution in [0, 0.1) is 0 Å². The van der Waals surface area contributed by atoms with Gasteiger partial charge in [-0.25, -0.2) is 0 Å². The summed E-state index contributed by atoms with van der Waals surface area (Å²) in [5.74, 6) is 0.343. The second-order valence-corrected chi connectivity index (χ2v) is 5.56. The maximum atomic E-state index is 10.0. The van der Waals surface area contributed by atoms with Crippen molar-refractivity contribution in [3.63, 3.8) is 0 Å². The molecule has 0 aromatic heterocycles. The number of hydrogen-bond acceptors (Lipinski definition) is 3. The molecule has 0 fully saturated rings. The zero-order chi connectivity index (χ0) is 13.2. The van der Waals surface area contributed by atoms with Crippen molar-refractivity contribution in [1.82, 2.24) is 5.32 Å². The van der Waals surface area contributed by atoms with Gasteiger partial charge in [-0.15, -0.1) is 0 Å². The highest BCUT2D eigenvalue weighted by molar-refractivity contribution is 5.38. The highest BCUT2D eigenvalue weighted by Crippen LogP contribution is 2.32. The Kier molecular flexibility index (Phi) is 3.93. The average Bonchev–Trinajstić information content (AvgIpc) is 2.36. The maximum Gasteiger partial charge on any atom is 0.115 e. The van der Waals surface area contributed by atoms with Crippen LogP contribution in [0.4, 0.5) is 0 Å². The molecule has 2 atom stereocenters. The first-order chi connectivity index (χ1) is 8.52. The van der Waals surface area contributed by atoms with Gasteiger partial charge in [0.05, 0.1) is 5.60 Å². The molecule has 1 aliphatic rings. The Balaban J connectivity index is 2.08. The third-order valence-electron chi connectivity index (χ3n) is 3.93. The summed E-state index contributed by atoms with van der Waals surface area (Å²) in [6.07, 6.45) is 4.00. The lowest BCUT2D eigenvalue weighted by molar-refractivity contribution is 0.0521. The summed E-state index contributed by atoms with van der Waals surface area (Å²) in [4.78, 5) is 0. The lowest BCUT2D eigenvalue weighted by atomic mass is 9.87. The van der Waals surface area contributed by atoms with Crippen LogP contribution in [0.25, 0.3) is 0 Å². The van der Waals surface area contributed by atoms with E-state index in [1.807, 2.05) is 26.0 Å². The van der Waals surface area contributed by atoms with Crippen molar-refractivity contribution in [2.45, 2.75) is 51.2 Å². The molecule has 18 heavy (non-hydrogen) atoms. The second-order valence-electron chi connectivity index (χ2n) is 5.56. The fourth-order valence-electron chi connectivity index (χ4n) is 2.48. The van der Waals surface area contributed by atoms with Crippen molar-refractivity contribution in [2.24, 2.45) is 0 Å². The highest BCUT2D eigenvalue weighted by atomic mass is 16.3. The minimum absolute atomic E-state index is 0.298. The highest BCUT2D eigenvalue weighted by Gasteiger charge is 2.23. The minimum atomic E-state index is -0.644. The summed E-state index contributed by atoms with van der Waals surface area (Å²) in [7, 11) is 0. The van der Waals surface area contributed by atoms with Gasteiger partial charge in [-0.05, 0) is 55.9 Å². The monoisotopic (exact) mass is 249 g/mol. The van der Waals surface area contributed by atoms with Gasteiger partial charge in [0.25, 0.3) is 0 Å². The number of aryl methyl sites for hydroxylation is 1. The van der Waals surface area contributed by atoms with Crippen LogP contribution in [-0.4, -0.2) is 22.4 Å². The van der Waals surface area contributed by atoms with E-state index in [4.69, 9.17) is 0 Å². The Bertz CT molecular complexity index is 415. The number of fused-ring (bicyclic) bond motifs is 1. The van der Waals surface area contributed by atoms with E-state index in [1.54, 1.807) is 6.07 Å². The van der Waals surface area contributed by atoms with E-state index >= 15 is 0 Å². The molecule has 1 aliphatic carbocycles. The van der Waals surface area contributed by atoms with E-state index in [2.05, 4.69) is 5.32 Å². The number of aliphatic hydroxyl groups is 1. The molecule has 100 valence electrons. The van der Waals surface area contributed by atoms with Crippen molar-refractivity contribution in [1.29, 1.82) is 0 Å². The normalized spacial score (nSPS) is 22.3. The molecule has 3 heteroatoms. The summed E-state index contributed by atoms with van der Waals surface area (Å²) in [5, 5.41) is 23.0. The standard InChI is InChI=1S/C15H23NO2/c1-3-15(2,18)10-16-14-6-4-5-11-9-12(17)7-8-13(11)14/h7-9,14,16-18H,3-6,10H2,1-2H3. The topological polar surface area (TPSA) is 52.5 Å². The number of aromatic hydroxyl groups is 1. The van der Waals surface area contributed by atoms with Gasteiger partial charge < -0.3 is 15.5 Å². The number of phenolic OH excluding ortho intramolecular Hbond substituents is 1. The van der Waals surface area contributed by atoms with E-state index in [9.17, 15) is 10.2 Å². The van der Waals surface area contributed by atoms with Crippen molar-refractivity contribution >= 4 is 0 Å². The molecule has 1 aromatic rings. The van der Waals surface area contributed by atoms with E-state index < -0.39 is 5.60 Å². The SMILES string of the molecule is CCC(C)(O)CNC1CCCc2cc(O)ccc21. The molecule has 0 saturated heterocycles. The Morgan fingerprint density at radius 1 is 1.44 bits per heavy atom. The summed E-state index contributed by atoms with van der Waals surface area (Å²) in [6.45, 7) is 4.46. The lowest BCUT2D eigenvalue weighted by Gasteiger charge is -2.30. The van der Waals surface area contributed by atoms with Gasteiger partial charge in [-0.1, -0.05) is 13.0 Å². The molecule has 2 unspecified atom stereocenters. The first kappa shape index (κ1) is 13.4. The first-order valence-electron chi connectivity index (χ1n) is 6.79. The zero-order valence-electron chi connectivity index (χ0n) is 11.2. The number of hydrogen-bond donors (Lipinski definition) is 3. The molecule has 1 aromatic carbocycles. The van der Waals surface area contributed by atoms with Crippen molar-refractivity contribution in [3.05, 3.63) is 29.3 Å². The summed E-state index contributed by atoms with van der Waals surface area (Å²) >= 11 is 0. The van der Waals surface area contributed by atoms with Crippen LogP contribution < -0.4 is 5.32 Å². The lowest BCUT2D eigenvalue weighted by Crippen LogP contribution is -2.39. The van der Waals surface area contributed by atoms with Crippen molar-refractivity contribution in [3.8, 4) is 5.75 Å². The molecule has 0 spiro atoms. The number of rotatable bonds is 4. The Labute approximate surface area is 109 Å². The van der Waals surface area contributed by atoms with Crippen LogP contribution >= 0.6 is 0 Å². The van der Waals surface area contributed by atoms with Gasteiger partial charge in [0, 0.05) is 12.6 Å². The van der Waals surface area contributed by atoms with E-state index in [1.165, 1.54) is 11.1 Å². The van der Waals surface area contributed by atoms with Crippen LogP contribution in [-0.2, 0) is 6.42 Å². The van der Waals surface area contributed by atoms with E-state index in [0.717, 1.165) is 25.7 Å². The zero-order valence-corrected chi connectivity index (χ0v) is 11.2. The molecule has 0 saturated carbocycles. The predicted octanol–water partition coefficient (Wildman–Crippen LogP) is 2.52. The smallest absolute Gasteiger partial charge is 0.115 e. The molecule has 0 radical (unpaired) electrons. The fourth-order valence-corrected chi connectivity index (χ4v) is 2.48. The molecule has 0 bridgehead atoms. The molecular formula is C15H23NO2. The summed E-state index contributed by atoms with van der Waals surface area (Å²) in [5.41, 5.74) is 1.86. The van der Waals surface area contributed by atoms with Gasteiger partial charge in [0.2, 0.25) is 0 Å². The third-order valence-corrected chi connectivity index (χ3v) is 3.93. The average molecular weight is 249 g/mol. The fraction of sp³-hybridized carbons (Fsp3) is 0.600. The molecule has 0 amide bonds. The quantitative estimate of drug-likeness (QED) is 0.768. The number of phenols is 1. The Hall–Kier alpha value is -1.06. The van der Waals surface area contributed by atoms with Gasteiger partial charge in [-0.3, -0.25) is 0 Å². The van der Waals surface area contributed by atoms with Crippen LogP contribution in [0.3, 0.4) is 0 Å². The number of nitrogens with one attached hydrogen (secondary N) is 1. The first-order valence-corrected chi connectivity index (χ1v) is 6.79. The van der Waals surface area contributed by atoms with Gasteiger partial charge in [-0.2, -0.15) is 0 Å². The van der Waals surface area contributed by atoms with Gasteiger partial charge in [0.15, 0.2) is 0 Å². The molecule has 3 nitrogen and oxygen atoms in total. The molecule has 3 N–H and O–H groups in total. The van der Waals surface area contributed by atoms with Crippen LogP contribution in [0.1, 0.15) is 50.3 Å².